The number of hydrogen-bond acceptors (Lipinski definition) is 6. The predicted octanol–water partition coefficient (Wildman–Crippen LogP) is 3.61. The summed E-state index contributed by atoms with van der Waals surface area (Å²) in [4.78, 5) is 19.4. The minimum absolute atomic E-state index is 0.102. The molecule has 1 aromatic heterocycles. The molecule has 0 radical (unpaired) electrons. The van der Waals surface area contributed by atoms with Crippen molar-refractivity contribution >= 4 is 27.4 Å². The molecule has 0 saturated carbocycles. The molecule has 8 nitrogen and oxygen atoms in total. The van der Waals surface area contributed by atoms with E-state index in [1.165, 1.54) is 22.6 Å². The van der Waals surface area contributed by atoms with Crippen LogP contribution in [0.4, 0.5) is 11.5 Å². The quantitative estimate of drug-likeness (QED) is 0.565. The van der Waals surface area contributed by atoms with Crippen molar-refractivity contribution in [3.05, 3.63) is 42.1 Å². The Morgan fingerprint density at radius 3 is 2.19 bits per heavy atom. The molecule has 170 valence electrons. The van der Waals surface area contributed by atoms with Crippen LogP contribution >= 0.6 is 0 Å². The van der Waals surface area contributed by atoms with Gasteiger partial charge >= 0.3 is 0 Å². The third kappa shape index (κ3) is 5.74. The Labute approximate surface area is 185 Å². The molecule has 1 amide bonds. The minimum Gasteiger partial charge on any atom is -0.492 e. The number of amides is 1. The number of sulfonamides is 1. The number of anilines is 2. The van der Waals surface area contributed by atoms with Gasteiger partial charge in [0.1, 0.15) is 11.6 Å². The second kappa shape index (κ2) is 11.1. The molecule has 1 heterocycles. The molecule has 0 bridgehead atoms. The summed E-state index contributed by atoms with van der Waals surface area (Å²) in [6.07, 6.45) is 1.51. The first-order valence-electron chi connectivity index (χ1n) is 10.6. The SMILES string of the molecule is CCOc1ccc(S(=O)(=O)N(CC)CC)cc1NC(=O)c1ccc(N(CC)CC)nc1. The molecule has 0 fully saturated rings. The van der Waals surface area contributed by atoms with Crippen LogP contribution < -0.4 is 15.0 Å². The van der Waals surface area contributed by atoms with Gasteiger partial charge < -0.3 is 15.0 Å². The van der Waals surface area contributed by atoms with E-state index in [9.17, 15) is 13.2 Å². The predicted molar refractivity (Wildman–Crippen MR) is 123 cm³/mol. The fourth-order valence-electron chi connectivity index (χ4n) is 3.21. The molecule has 1 aromatic carbocycles. The zero-order chi connectivity index (χ0) is 23.0. The monoisotopic (exact) mass is 448 g/mol. The van der Waals surface area contributed by atoms with Gasteiger partial charge in [-0.2, -0.15) is 4.31 Å². The van der Waals surface area contributed by atoms with Crippen LogP contribution in [0.5, 0.6) is 5.75 Å². The molecule has 0 aliphatic heterocycles. The van der Waals surface area contributed by atoms with E-state index in [2.05, 4.69) is 15.2 Å². The Balaban J connectivity index is 2.35. The molecule has 1 N–H and O–H groups in total. The molecule has 0 spiro atoms. The van der Waals surface area contributed by atoms with E-state index in [0.717, 1.165) is 18.9 Å². The van der Waals surface area contributed by atoms with E-state index in [4.69, 9.17) is 4.74 Å². The molecule has 31 heavy (non-hydrogen) atoms. The average Bonchev–Trinajstić information content (AvgIpc) is 2.77. The summed E-state index contributed by atoms with van der Waals surface area (Å²) >= 11 is 0. The summed E-state index contributed by atoms with van der Waals surface area (Å²) in [5, 5.41) is 2.78. The lowest BCUT2D eigenvalue weighted by molar-refractivity contribution is 0.102. The number of nitrogens with zero attached hydrogens (tertiary/aromatic N) is 3. The van der Waals surface area contributed by atoms with Gasteiger partial charge in [-0.3, -0.25) is 4.79 Å². The van der Waals surface area contributed by atoms with E-state index in [1.807, 2.05) is 20.8 Å². The number of pyridine rings is 1. The van der Waals surface area contributed by atoms with Gasteiger partial charge in [-0.05, 0) is 51.1 Å². The van der Waals surface area contributed by atoms with Gasteiger partial charge in [-0.15, -0.1) is 0 Å². The lowest BCUT2D eigenvalue weighted by Gasteiger charge is -2.20. The van der Waals surface area contributed by atoms with E-state index in [-0.39, 0.29) is 4.90 Å². The minimum atomic E-state index is -3.67. The fraction of sp³-hybridized carbons (Fsp3) is 0.455. The Bertz CT molecular complexity index is 970. The standard InChI is InChI=1S/C22H32N4O4S/c1-6-25(7-2)21-14-11-17(16-23-21)22(27)24-19-15-18(12-13-20(19)30-10-5)31(28,29)26(8-3)9-4/h11-16H,6-10H2,1-5H3,(H,24,27). The number of carbonyl (C=O) groups excluding carboxylic acids is 1. The Kier molecular flexibility index (Phi) is 8.82. The van der Waals surface area contributed by atoms with E-state index >= 15 is 0 Å². The third-order valence-corrected chi connectivity index (χ3v) is 6.99. The van der Waals surface area contributed by atoms with Crippen LogP contribution in [-0.2, 0) is 10.0 Å². The maximum absolute atomic E-state index is 12.9. The topological polar surface area (TPSA) is 91.8 Å². The van der Waals surface area contributed by atoms with Gasteiger partial charge in [0, 0.05) is 32.4 Å². The highest BCUT2D eigenvalue weighted by molar-refractivity contribution is 7.89. The number of nitrogens with one attached hydrogen (secondary N) is 1. The lowest BCUT2D eigenvalue weighted by atomic mass is 10.2. The highest BCUT2D eigenvalue weighted by atomic mass is 32.2. The van der Waals surface area contributed by atoms with Crippen molar-refractivity contribution in [2.75, 3.05) is 43.0 Å². The Morgan fingerprint density at radius 2 is 1.68 bits per heavy atom. The summed E-state index contributed by atoms with van der Waals surface area (Å²) in [5.41, 5.74) is 0.670. The highest BCUT2D eigenvalue weighted by Gasteiger charge is 2.23. The molecule has 2 aromatic rings. The van der Waals surface area contributed by atoms with E-state index < -0.39 is 15.9 Å². The van der Waals surface area contributed by atoms with Gasteiger partial charge in [0.15, 0.2) is 0 Å². The van der Waals surface area contributed by atoms with Crippen LogP contribution in [0.2, 0.25) is 0 Å². The van der Waals surface area contributed by atoms with Gasteiger partial charge in [0.05, 0.1) is 22.8 Å². The molecule has 2 rings (SSSR count). The molecule has 9 heteroatoms. The van der Waals surface area contributed by atoms with Crippen LogP contribution in [0.25, 0.3) is 0 Å². The maximum Gasteiger partial charge on any atom is 0.257 e. The molecule has 0 unspecified atom stereocenters. The third-order valence-electron chi connectivity index (χ3n) is 4.94. The molecule has 0 aliphatic carbocycles. The Morgan fingerprint density at radius 1 is 1.00 bits per heavy atom. The fourth-order valence-corrected chi connectivity index (χ4v) is 4.70. The van der Waals surface area contributed by atoms with Crippen molar-refractivity contribution in [3.8, 4) is 5.75 Å². The maximum atomic E-state index is 12.9. The zero-order valence-electron chi connectivity index (χ0n) is 18.9. The van der Waals surface area contributed by atoms with Gasteiger partial charge in [0.2, 0.25) is 10.0 Å². The van der Waals surface area contributed by atoms with Crippen LogP contribution in [0.1, 0.15) is 45.0 Å². The van der Waals surface area contributed by atoms with Crippen molar-refractivity contribution in [2.24, 2.45) is 0 Å². The summed E-state index contributed by atoms with van der Waals surface area (Å²) in [6, 6.07) is 8.00. The summed E-state index contributed by atoms with van der Waals surface area (Å²) in [5.74, 6) is 0.808. The highest BCUT2D eigenvalue weighted by Crippen LogP contribution is 2.30. The van der Waals surface area contributed by atoms with Gasteiger partial charge in [-0.25, -0.2) is 13.4 Å². The van der Waals surface area contributed by atoms with Crippen molar-refractivity contribution < 1.29 is 17.9 Å². The number of aromatic nitrogens is 1. The largest absolute Gasteiger partial charge is 0.492 e. The molecular formula is C22H32N4O4S. The van der Waals surface area contributed by atoms with Crippen molar-refractivity contribution in [1.29, 1.82) is 0 Å². The van der Waals surface area contributed by atoms with Crippen LogP contribution in [0, 0.1) is 0 Å². The summed E-state index contributed by atoms with van der Waals surface area (Å²) < 4.78 is 32.7. The first-order chi connectivity index (χ1) is 14.8. The summed E-state index contributed by atoms with van der Waals surface area (Å²) in [7, 11) is -3.67. The second-order valence-electron chi connectivity index (χ2n) is 6.71. The summed E-state index contributed by atoms with van der Waals surface area (Å²) in [6.45, 7) is 12.2. The molecule has 0 atom stereocenters. The number of benzene rings is 1. The molecule has 0 saturated heterocycles. The first kappa shape index (κ1) is 24.6. The van der Waals surface area contributed by atoms with Crippen molar-refractivity contribution in [3.63, 3.8) is 0 Å². The lowest BCUT2D eigenvalue weighted by Crippen LogP contribution is -2.30. The number of rotatable bonds is 11. The van der Waals surface area contributed by atoms with E-state index in [0.29, 0.717) is 36.7 Å². The van der Waals surface area contributed by atoms with Crippen LogP contribution in [-0.4, -0.2) is 56.4 Å². The first-order valence-corrected chi connectivity index (χ1v) is 12.1. The van der Waals surface area contributed by atoms with Crippen molar-refractivity contribution in [2.45, 2.75) is 39.5 Å². The van der Waals surface area contributed by atoms with Gasteiger partial charge in [0.25, 0.3) is 5.91 Å². The molecule has 0 aliphatic rings. The smallest absolute Gasteiger partial charge is 0.257 e. The molecular weight excluding hydrogens is 416 g/mol. The Hall–Kier alpha value is -2.65. The van der Waals surface area contributed by atoms with E-state index in [1.54, 1.807) is 32.0 Å². The van der Waals surface area contributed by atoms with Crippen LogP contribution in [0.3, 0.4) is 0 Å². The number of carbonyl (C=O) groups is 1. The average molecular weight is 449 g/mol. The number of hydrogen-bond donors (Lipinski definition) is 1. The second-order valence-corrected chi connectivity index (χ2v) is 8.65. The normalized spacial score (nSPS) is 11.4. The van der Waals surface area contributed by atoms with Gasteiger partial charge in [-0.1, -0.05) is 13.8 Å². The van der Waals surface area contributed by atoms with Crippen LogP contribution in [0.15, 0.2) is 41.4 Å². The number of ether oxygens (including phenoxy) is 1. The zero-order valence-corrected chi connectivity index (χ0v) is 19.7. The van der Waals surface area contributed by atoms with Crippen molar-refractivity contribution in [1.82, 2.24) is 9.29 Å².